The molecule has 0 fully saturated rings. The number of hydrogen-bond acceptors (Lipinski definition) is 2. The Balaban J connectivity index is 1.81. The molecule has 0 saturated heterocycles. The van der Waals surface area contributed by atoms with Gasteiger partial charge in [0, 0.05) is 24.5 Å². The van der Waals surface area contributed by atoms with Gasteiger partial charge < -0.3 is 10.6 Å². The summed E-state index contributed by atoms with van der Waals surface area (Å²) in [5.41, 5.74) is 7.83. The predicted molar refractivity (Wildman–Crippen MR) is 93.4 cm³/mol. The summed E-state index contributed by atoms with van der Waals surface area (Å²) in [7, 11) is 0. The fourth-order valence-electron chi connectivity index (χ4n) is 2.70. The Morgan fingerprint density at radius 3 is 1.29 bits per heavy atom. The van der Waals surface area contributed by atoms with E-state index in [1.54, 1.807) is 0 Å². The number of para-hydroxylation sites is 2. The van der Waals surface area contributed by atoms with E-state index in [0.29, 0.717) is 0 Å². The maximum Gasteiger partial charge on any atom is 0.0399 e. The summed E-state index contributed by atoms with van der Waals surface area (Å²) < 4.78 is 0. The highest BCUT2D eigenvalue weighted by Gasteiger charge is 2.02. The van der Waals surface area contributed by atoms with Gasteiger partial charge >= 0.3 is 0 Å². The van der Waals surface area contributed by atoms with E-state index >= 15 is 0 Å². The quantitative estimate of drug-likeness (QED) is 0.741. The van der Waals surface area contributed by atoms with Crippen molar-refractivity contribution in [3.63, 3.8) is 0 Å². The van der Waals surface area contributed by atoms with Crippen LogP contribution in [0.25, 0.3) is 0 Å². The summed E-state index contributed by atoms with van der Waals surface area (Å²) in [4.78, 5) is 0. The molecule has 21 heavy (non-hydrogen) atoms. The summed E-state index contributed by atoms with van der Waals surface area (Å²) in [5.74, 6) is 0. The van der Waals surface area contributed by atoms with Crippen molar-refractivity contribution in [2.75, 3.05) is 23.7 Å². The third kappa shape index (κ3) is 4.01. The van der Waals surface area contributed by atoms with Gasteiger partial charge in [0.25, 0.3) is 0 Å². The number of nitrogens with one attached hydrogen (secondary N) is 2. The van der Waals surface area contributed by atoms with Crippen LogP contribution in [0.15, 0.2) is 36.4 Å². The van der Waals surface area contributed by atoms with Crippen LogP contribution < -0.4 is 10.6 Å². The molecule has 0 saturated carbocycles. The van der Waals surface area contributed by atoms with Crippen LogP contribution in [0.1, 0.15) is 28.7 Å². The lowest BCUT2D eigenvalue weighted by Crippen LogP contribution is -2.11. The molecule has 0 aromatic heterocycles. The van der Waals surface area contributed by atoms with Crippen LogP contribution in [0.5, 0.6) is 0 Å². The first kappa shape index (κ1) is 15.4. The molecule has 0 atom stereocenters. The van der Waals surface area contributed by atoms with Gasteiger partial charge in [-0.05, 0) is 56.4 Å². The van der Waals surface area contributed by atoms with Gasteiger partial charge in [-0.2, -0.15) is 0 Å². The van der Waals surface area contributed by atoms with Crippen LogP contribution in [-0.4, -0.2) is 13.1 Å². The Hall–Kier alpha value is -1.96. The minimum Gasteiger partial charge on any atom is -0.385 e. The van der Waals surface area contributed by atoms with Crippen molar-refractivity contribution < 1.29 is 0 Å². The van der Waals surface area contributed by atoms with Gasteiger partial charge in [0.05, 0.1) is 0 Å². The molecule has 2 rings (SSSR count). The Bertz CT molecular complexity index is 509. The summed E-state index contributed by atoms with van der Waals surface area (Å²) >= 11 is 0. The number of hydrogen-bond donors (Lipinski definition) is 2. The average Bonchev–Trinajstić information content (AvgIpc) is 2.44. The zero-order chi connectivity index (χ0) is 15.2. The summed E-state index contributed by atoms with van der Waals surface area (Å²) in [6, 6.07) is 12.8. The molecule has 0 aliphatic carbocycles. The van der Waals surface area contributed by atoms with E-state index in [2.05, 4.69) is 74.7 Å². The molecule has 0 aliphatic heterocycles. The van der Waals surface area contributed by atoms with Gasteiger partial charge in [0.15, 0.2) is 0 Å². The highest BCUT2D eigenvalue weighted by atomic mass is 14.9. The molecule has 0 amide bonds. The van der Waals surface area contributed by atoms with Gasteiger partial charge in [0.1, 0.15) is 0 Å². The zero-order valence-electron chi connectivity index (χ0n) is 13.6. The van der Waals surface area contributed by atoms with E-state index in [9.17, 15) is 0 Å². The fourth-order valence-corrected chi connectivity index (χ4v) is 2.70. The highest BCUT2D eigenvalue weighted by molar-refractivity contribution is 5.57. The smallest absolute Gasteiger partial charge is 0.0399 e. The molecule has 2 nitrogen and oxygen atoms in total. The van der Waals surface area contributed by atoms with Gasteiger partial charge in [-0.25, -0.2) is 0 Å². The van der Waals surface area contributed by atoms with E-state index < -0.39 is 0 Å². The van der Waals surface area contributed by atoms with Crippen LogP contribution >= 0.6 is 0 Å². The normalized spacial score (nSPS) is 10.5. The second kappa shape index (κ2) is 7.16. The topological polar surface area (TPSA) is 24.1 Å². The van der Waals surface area contributed by atoms with E-state index in [0.717, 1.165) is 19.5 Å². The SMILES string of the molecule is Cc1cccc(C)c1NCCCNc1c(C)cccc1C. The lowest BCUT2D eigenvalue weighted by Gasteiger charge is -2.14. The maximum absolute atomic E-state index is 3.56. The molecular weight excluding hydrogens is 256 g/mol. The van der Waals surface area contributed by atoms with E-state index in [-0.39, 0.29) is 0 Å². The number of anilines is 2. The molecule has 0 unspecified atom stereocenters. The Morgan fingerprint density at radius 2 is 0.952 bits per heavy atom. The van der Waals surface area contributed by atoms with Crippen LogP contribution in [0.2, 0.25) is 0 Å². The number of rotatable bonds is 6. The highest BCUT2D eigenvalue weighted by Crippen LogP contribution is 2.20. The molecular formula is C19H26N2. The van der Waals surface area contributed by atoms with E-state index in [4.69, 9.17) is 0 Å². The second-order valence-corrected chi connectivity index (χ2v) is 5.74. The van der Waals surface area contributed by atoms with Crippen molar-refractivity contribution in [3.8, 4) is 0 Å². The van der Waals surface area contributed by atoms with Crippen LogP contribution in [0, 0.1) is 27.7 Å². The van der Waals surface area contributed by atoms with Crippen LogP contribution in [0.3, 0.4) is 0 Å². The first-order valence-corrected chi connectivity index (χ1v) is 7.70. The molecule has 0 spiro atoms. The standard InChI is InChI=1S/C19H26N2/c1-14-8-5-9-15(2)18(14)20-12-7-13-21-19-16(3)10-6-11-17(19)4/h5-6,8-11,20-21H,7,12-13H2,1-4H3. The van der Waals surface area contributed by atoms with E-state index in [1.165, 1.54) is 33.6 Å². The maximum atomic E-state index is 3.56. The predicted octanol–water partition coefficient (Wildman–Crippen LogP) is 4.83. The summed E-state index contributed by atoms with van der Waals surface area (Å²) in [5, 5.41) is 7.11. The molecule has 0 aliphatic rings. The van der Waals surface area contributed by atoms with Crippen molar-refractivity contribution >= 4 is 11.4 Å². The van der Waals surface area contributed by atoms with Gasteiger partial charge in [-0.15, -0.1) is 0 Å². The lowest BCUT2D eigenvalue weighted by molar-refractivity contribution is 0.904. The van der Waals surface area contributed by atoms with Gasteiger partial charge in [-0.3, -0.25) is 0 Å². The van der Waals surface area contributed by atoms with E-state index in [1.807, 2.05) is 0 Å². The van der Waals surface area contributed by atoms with Crippen molar-refractivity contribution in [1.29, 1.82) is 0 Å². The van der Waals surface area contributed by atoms with Crippen molar-refractivity contribution in [2.45, 2.75) is 34.1 Å². The fraction of sp³-hybridized carbons (Fsp3) is 0.368. The minimum atomic E-state index is 0.990. The largest absolute Gasteiger partial charge is 0.385 e. The molecule has 0 heterocycles. The Kier molecular flexibility index (Phi) is 5.26. The minimum absolute atomic E-state index is 0.990. The zero-order valence-corrected chi connectivity index (χ0v) is 13.6. The third-order valence-electron chi connectivity index (χ3n) is 3.92. The summed E-state index contributed by atoms with van der Waals surface area (Å²) in [6.45, 7) is 10.6. The molecule has 2 aromatic rings. The lowest BCUT2D eigenvalue weighted by atomic mass is 10.1. The molecule has 0 bridgehead atoms. The average molecular weight is 282 g/mol. The first-order chi connectivity index (χ1) is 10.1. The van der Waals surface area contributed by atoms with Gasteiger partial charge in [-0.1, -0.05) is 36.4 Å². The summed E-state index contributed by atoms with van der Waals surface area (Å²) in [6.07, 6.45) is 1.10. The van der Waals surface area contributed by atoms with Crippen molar-refractivity contribution in [3.05, 3.63) is 58.7 Å². The molecule has 2 aromatic carbocycles. The van der Waals surface area contributed by atoms with Gasteiger partial charge in [0.2, 0.25) is 0 Å². The molecule has 112 valence electrons. The molecule has 2 heteroatoms. The third-order valence-corrected chi connectivity index (χ3v) is 3.92. The Labute approximate surface area is 128 Å². The number of aryl methyl sites for hydroxylation is 4. The number of benzene rings is 2. The van der Waals surface area contributed by atoms with Crippen LogP contribution in [0.4, 0.5) is 11.4 Å². The second-order valence-electron chi connectivity index (χ2n) is 5.74. The van der Waals surface area contributed by atoms with Crippen molar-refractivity contribution in [1.82, 2.24) is 0 Å². The van der Waals surface area contributed by atoms with Crippen molar-refractivity contribution in [2.24, 2.45) is 0 Å². The monoisotopic (exact) mass is 282 g/mol. The Morgan fingerprint density at radius 1 is 0.619 bits per heavy atom. The van der Waals surface area contributed by atoms with Crippen LogP contribution in [-0.2, 0) is 0 Å². The molecule has 0 radical (unpaired) electrons. The molecule has 2 N–H and O–H groups in total. The first-order valence-electron chi connectivity index (χ1n) is 7.70.